The number of hydrogen-bond acceptors (Lipinski definition) is 2. The Morgan fingerprint density at radius 2 is 2.14 bits per heavy atom. The molecule has 5 heteroatoms. The van der Waals surface area contributed by atoms with Crippen molar-refractivity contribution in [1.29, 1.82) is 0 Å². The van der Waals surface area contributed by atoms with E-state index in [1.54, 1.807) is 6.92 Å². The quantitative estimate of drug-likeness (QED) is 0.767. The topological polar surface area (TPSA) is 46.5 Å². The molecular formula is C9H14F2O3. The molecule has 0 aromatic heterocycles. The summed E-state index contributed by atoms with van der Waals surface area (Å²) >= 11 is 0. The lowest BCUT2D eigenvalue weighted by molar-refractivity contribution is -0.154. The lowest BCUT2D eigenvalue weighted by Gasteiger charge is -2.23. The number of alkyl halides is 2. The number of carboxylic acid groups (broad SMARTS) is 1. The van der Waals surface area contributed by atoms with Crippen molar-refractivity contribution < 1.29 is 23.4 Å². The van der Waals surface area contributed by atoms with Crippen molar-refractivity contribution in [3.05, 3.63) is 0 Å². The van der Waals surface area contributed by atoms with Gasteiger partial charge in [-0.25, -0.2) is 8.78 Å². The van der Waals surface area contributed by atoms with Gasteiger partial charge < -0.3 is 9.84 Å². The maximum absolute atomic E-state index is 12.9. The van der Waals surface area contributed by atoms with E-state index in [0.717, 1.165) is 0 Å². The molecule has 1 aliphatic carbocycles. The number of halogens is 2. The Morgan fingerprint density at radius 1 is 1.50 bits per heavy atom. The number of rotatable bonds is 4. The van der Waals surface area contributed by atoms with Crippen LogP contribution >= 0.6 is 0 Å². The van der Waals surface area contributed by atoms with E-state index in [4.69, 9.17) is 9.84 Å². The van der Waals surface area contributed by atoms with Crippen LogP contribution in [-0.2, 0) is 9.53 Å². The highest BCUT2D eigenvalue weighted by atomic mass is 19.3. The van der Waals surface area contributed by atoms with Gasteiger partial charge in [0, 0.05) is 19.4 Å². The summed E-state index contributed by atoms with van der Waals surface area (Å²) in [4.78, 5) is 10.9. The van der Waals surface area contributed by atoms with Crippen molar-refractivity contribution in [1.82, 2.24) is 0 Å². The van der Waals surface area contributed by atoms with Gasteiger partial charge in [0.1, 0.15) is 0 Å². The molecule has 0 radical (unpaired) electrons. The first-order valence-corrected chi connectivity index (χ1v) is 4.61. The minimum Gasteiger partial charge on any atom is -0.481 e. The van der Waals surface area contributed by atoms with Crippen molar-refractivity contribution >= 4 is 5.97 Å². The van der Waals surface area contributed by atoms with Crippen LogP contribution in [0, 0.1) is 5.41 Å². The molecule has 1 atom stereocenters. The highest BCUT2D eigenvalue weighted by Gasteiger charge is 2.54. The Bertz CT molecular complexity index is 230. The molecule has 1 aliphatic rings. The van der Waals surface area contributed by atoms with Gasteiger partial charge in [-0.2, -0.15) is 0 Å². The van der Waals surface area contributed by atoms with Crippen LogP contribution in [0.5, 0.6) is 0 Å². The standard InChI is InChI=1S/C9H14F2O3/c1-2-14-6-8(7(12)13)3-4-9(10,11)5-8/h2-6H2,1H3,(H,12,13). The van der Waals surface area contributed by atoms with Crippen molar-refractivity contribution in [2.24, 2.45) is 5.41 Å². The molecule has 0 aliphatic heterocycles. The Labute approximate surface area is 81.1 Å². The summed E-state index contributed by atoms with van der Waals surface area (Å²) in [5.41, 5.74) is -1.38. The van der Waals surface area contributed by atoms with E-state index in [1.165, 1.54) is 0 Å². The molecule has 3 nitrogen and oxygen atoms in total. The fourth-order valence-electron chi connectivity index (χ4n) is 1.76. The van der Waals surface area contributed by atoms with Gasteiger partial charge in [-0.05, 0) is 13.3 Å². The van der Waals surface area contributed by atoms with Crippen molar-refractivity contribution in [2.75, 3.05) is 13.2 Å². The molecule has 1 rings (SSSR count). The summed E-state index contributed by atoms with van der Waals surface area (Å²) in [6, 6.07) is 0. The third kappa shape index (κ3) is 2.20. The SMILES string of the molecule is CCOCC1(C(=O)O)CCC(F)(F)C1. The maximum atomic E-state index is 12.9. The molecule has 1 unspecified atom stereocenters. The van der Waals surface area contributed by atoms with Gasteiger partial charge in [0.05, 0.1) is 12.0 Å². The monoisotopic (exact) mass is 208 g/mol. The molecule has 14 heavy (non-hydrogen) atoms. The van der Waals surface area contributed by atoms with Crippen LogP contribution in [0.25, 0.3) is 0 Å². The number of aliphatic carboxylic acids is 1. The predicted molar refractivity (Wildman–Crippen MR) is 45.4 cm³/mol. The van der Waals surface area contributed by atoms with Crippen molar-refractivity contribution in [2.45, 2.75) is 32.1 Å². The fourth-order valence-corrected chi connectivity index (χ4v) is 1.76. The highest BCUT2D eigenvalue weighted by Crippen LogP contribution is 2.47. The summed E-state index contributed by atoms with van der Waals surface area (Å²) in [6.45, 7) is 1.94. The second kappa shape index (κ2) is 3.81. The summed E-state index contributed by atoms with van der Waals surface area (Å²) in [6.07, 6.45) is -0.961. The van der Waals surface area contributed by atoms with Gasteiger partial charge in [0.25, 0.3) is 0 Å². The van der Waals surface area contributed by atoms with Crippen LogP contribution in [0.4, 0.5) is 8.78 Å². The largest absolute Gasteiger partial charge is 0.481 e. The van der Waals surface area contributed by atoms with Gasteiger partial charge in [-0.3, -0.25) is 4.79 Å². The van der Waals surface area contributed by atoms with E-state index < -0.39 is 23.7 Å². The average molecular weight is 208 g/mol. The second-order valence-electron chi connectivity index (χ2n) is 3.76. The van der Waals surface area contributed by atoms with Crippen LogP contribution in [0.3, 0.4) is 0 Å². The van der Waals surface area contributed by atoms with Gasteiger partial charge in [-0.15, -0.1) is 0 Å². The zero-order chi connectivity index (χ0) is 10.8. The molecule has 1 fully saturated rings. The predicted octanol–water partition coefficient (Wildman–Crippen LogP) is 1.91. The summed E-state index contributed by atoms with van der Waals surface area (Å²) in [5, 5.41) is 8.91. The van der Waals surface area contributed by atoms with Gasteiger partial charge in [0.15, 0.2) is 0 Å². The number of ether oxygens (including phenoxy) is 1. The van der Waals surface area contributed by atoms with Crippen LogP contribution in [0.15, 0.2) is 0 Å². The molecule has 0 saturated heterocycles. The minimum atomic E-state index is -2.85. The third-order valence-electron chi connectivity index (χ3n) is 2.60. The molecule has 0 spiro atoms. The molecule has 82 valence electrons. The maximum Gasteiger partial charge on any atom is 0.312 e. The van der Waals surface area contributed by atoms with E-state index in [-0.39, 0.29) is 19.4 Å². The smallest absolute Gasteiger partial charge is 0.312 e. The van der Waals surface area contributed by atoms with E-state index in [1.807, 2.05) is 0 Å². The lowest BCUT2D eigenvalue weighted by Crippen LogP contribution is -2.34. The molecule has 0 aromatic rings. The summed E-state index contributed by atoms with van der Waals surface area (Å²) in [7, 11) is 0. The van der Waals surface area contributed by atoms with Gasteiger partial charge in [-0.1, -0.05) is 0 Å². The van der Waals surface area contributed by atoms with Crippen LogP contribution in [0.2, 0.25) is 0 Å². The second-order valence-corrected chi connectivity index (χ2v) is 3.76. The third-order valence-corrected chi connectivity index (χ3v) is 2.60. The number of carboxylic acids is 1. The van der Waals surface area contributed by atoms with Crippen LogP contribution in [-0.4, -0.2) is 30.2 Å². The van der Waals surface area contributed by atoms with Crippen LogP contribution in [0.1, 0.15) is 26.2 Å². The molecule has 1 N–H and O–H groups in total. The Hall–Kier alpha value is -0.710. The zero-order valence-corrected chi connectivity index (χ0v) is 8.06. The first-order chi connectivity index (χ1) is 6.42. The fraction of sp³-hybridized carbons (Fsp3) is 0.889. The number of hydrogen-bond donors (Lipinski definition) is 1. The lowest BCUT2D eigenvalue weighted by atomic mass is 9.87. The van der Waals surface area contributed by atoms with E-state index in [2.05, 4.69) is 0 Å². The first-order valence-electron chi connectivity index (χ1n) is 4.61. The Morgan fingerprint density at radius 3 is 2.50 bits per heavy atom. The van der Waals surface area contributed by atoms with E-state index >= 15 is 0 Å². The van der Waals surface area contributed by atoms with Crippen LogP contribution < -0.4 is 0 Å². The normalized spacial score (nSPS) is 30.5. The molecule has 0 bridgehead atoms. The molecule has 0 amide bonds. The Balaban J connectivity index is 2.70. The van der Waals surface area contributed by atoms with Crippen molar-refractivity contribution in [3.63, 3.8) is 0 Å². The van der Waals surface area contributed by atoms with Gasteiger partial charge >= 0.3 is 5.97 Å². The summed E-state index contributed by atoms with van der Waals surface area (Å²) < 4.78 is 30.8. The highest BCUT2D eigenvalue weighted by molar-refractivity contribution is 5.75. The molecular weight excluding hydrogens is 194 g/mol. The Kier molecular flexibility index (Phi) is 3.09. The van der Waals surface area contributed by atoms with Gasteiger partial charge in [0.2, 0.25) is 5.92 Å². The average Bonchev–Trinajstić information content (AvgIpc) is 2.40. The van der Waals surface area contributed by atoms with E-state index in [9.17, 15) is 13.6 Å². The molecule has 0 heterocycles. The minimum absolute atomic E-state index is 0.00463. The zero-order valence-electron chi connectivity index (χ0n) is 8.06. The van der Waals surface area contributed by atoms with Crippen molar-refractivity contribution in [3.8, 4) is 0 Å². The first kappa shape index (κ1) is 11.4. The molecule has 0 aromatic carbocycles. The summed E-state index contributed by atoms with van der Waals surface area (Å²) in [5.74, 6) is -4.03. The molecule has 1 saturated carbocycles. The van der Waals surface area contributed by atoms with E-state index in [0.29, 0.717) is 6.61 Å². The number of carbonyl (C=O) groups is 1.